The lowest BCUT2D eigenvalue weighted by Gasteiger charge is -2.13. The van der Waals surface area contributed by atoms with Crippen molar-refractivity contribution in [1.29, 1.82) is 0 Å². The van der Waals surface area contributed by atoms with Crippen molar-refractivity contribution in [2.24, 2.45) is 0 Å². The number of hydrogen-bond donors (Lipinski definition) is 2. The van der Waals surface area contributed by atoms with Crippen LogP contribution in [-0.4, -0.2) is 24.2 Å². The van der Waals surface area contributed by atoms with Crippen molar-refractivity contribution in [2.45, 2.75) is 26.4 Å². The summed E-state index contributed by atoms with van der Waals surface area (Å²) in [5.74, 6) is 0.361. The summed E-state index contributed by atoms with van der Waals surface area (Å²) >= 11 is 3.33. The molecule has 0 saturated carbocycles. The van der Waals surface area contributed by atoms with Gasteiger partial charge in [-0.15, -0.1) is 0 Å². The zero-order valence-corrected chi connectivity index (χ0v) is 12.2. The van der Waals surface area contributed by atoms with Gasteiger partial charge >= 0.3 is 0 Å². The van der Waals surface area contributed by atoms with Gasteiger partial charge in [-0.25, -0.2) is 0 Å². The molecule has 0 aliphatic heterocycles. The van der Waals surface area contributed by atoms with Crippen molar-refractivity contribution in [2.75, 3.05) is 13.2 Å². The van der Waals surface area contributed by atoms with E-state index < -0.39 is 6.10 Å². The lowest BCUT2D eigenvalue weighted by molar-refractivity contribution is -0.123. The average Bonchev–Trinajstić information content (AvgIpc) is 2.33. The minimum atomic E-state index is -0.633. The number of carbonyl (C=O) groups is 1. The summed E-state index contributed by atoms with van der Waals surface area (Å²) in [5.41, 5.74) is 0.668. The Morgan fingerprint density at radius 3 is 2.89 bits per heavy atom. The first kappa shape index (κ1) is 15.0. The average molecular weight is 316 g/mol. The molecule has 0 aromatic heterocycles. The van der Waals surface area contributed by atoms with Gasteiger partial charge in [0.25, 0.3) is 5.91 Å². The third-order valence-corrected chi connectivity index (χ3v) is 2.85. The number of nitrogens with one attached hydrogen (secondary N) is 1. The molecule has 1 rings (SSSR count). The van der Waals surface area contributed by atoms with Crippen LogP contribution in [0.4, 0.5) is 0 Å². The Bertz CT molecular complexity index is 407. The van der Waals surface area contributed by atoms with E-state index in [9.17, 15) is 9.90 Å². The van der Waals surface area contributed by atoms with Crippen molar-refractivity contribution in [1.82, 2.24) is 5.32 Å². The first-order valence-corrected chi connectivity index (χ1v) is 6.71. The van der Waals surface area contributed by atoms with Crippen LogP contribution in [0.25, 0.3) is 0 Å². The quantitative estimate of drug-likeness (QED) is 0.847. The monoisotopic (exact) mass is 315 g/mol. The third-order valence-electron chi connectivity index (χ3n) is 2.36. The van der Waals surface area contributed by atoms with Gasteiger partial charge in [-0.1, -0.05) is 28.9 Å². The van der Waals surface area contributed by atoms with Crippen LogP contribution in [0.5, 0.6) is 5.75 Å². The van der Waals surface area contributed by atoms with Crippen LogP contribution in [-0.2, 0) is 4.79 Å². The molecule has 5 heteroatoms. The normalized spacial score (nSPS) is 12.0. The number of aliphatic hydroxyl groups excluding tert-OH is 1. The van der Waals surface area contributed by atoms with E-state index in [-0.39, 0.29) is 12.5 Å². The second-order valence-electron chi connectivity index (χ2n) is 4.00. The molecule has 0 spiro atoms. The first-order chi connectivity index (χ1) is 8.54. The smallest absolute Gasteiger partial charge is 0.257 e. The molecule has 18 heavy (non-hydrogen) atoms. The summed E-state index contributed by atoms with van der Waals surface area (Å²) in [4.78, 5) is 11.4. The van der Waals surface area contributed by atoms with Gasteiger partial charge in [0, 0.05) is 16.6 Å². The number of aliphatic hydroxyl groups is 1. The van der Waals surface area contributed by atoms with E-state index in [2.05, 4.69) is 21.2 Å². The summed E-state index contributed by atoms with van der Waals surface area (Å²) in [5, 5.41) is 12.3. The van der Waals surface area contributed by atoms with Gasteiger partial charge in [-0.2, -0.15) is 0 Å². The van der Waals surface area contributed by atoms with Crippen molar-refractivity contribution in [3.8, 4) is 5.75 Å². The van der Waals surface area contributed by atoms with Crippen LogP contribution in [0.15, 0.2) is 22.7 Å². The first-order valence-electron chi connectivity index (χ1n) is 5.91. The summed E-state index contributed by atoms with van der Waals surface area (Å²) in [6.07, 6.45) is 0.258. The third kappa shape index (κ3) is 4.66. The maximum absolute atomic E-state index is 11.4. The summed E-state index contributed by atoms with van der Waals surface area (Å²) in [7, 11) is 0. The second kappa shape index (κ2) is 7.38. The Hall–Kier alpha value is -1.07. The van der Waals surface area contributed by atoms with Crippen molar-refractivity contribution < 1.29 is 14.6 Å². The number of ether oxygens (including phenoxy) is 1. The fraction of sp³-hybridized carbons (Fsp3) is 0.462. The van der Waals surface area contributed by atoms with Crippen LogP contribution < -0.4 is 10.1 Å². The molecule has 1 aromatic rings. The number of amides is 1. The fourth-order valence-corrected chi connectivity index (χ4v) is 1.78. The molecule has 100 valence electrons. The number of hydrogen-bond acceptors (Lipinski definition) is 3. The molecule has 0 radical (unpaired) electrons. The van der Waals surface area contributed by atoms with Gasteiger partial charge in [0.15, 0.2) is 6.61 Å². The van der Waals surface area contributed by atoms with Crippen LogP contribution >= 0.6 is 15.9 Å². The highest BCUT2D eigenvalue weighted by molar-refractivity contribution is 9.10. The molecule has 0 unspecified atom stereocenters. The summed E-state index contributed by atoms with van der Waals surface area (Å²) in [6, 6.07) is 5.34. The maximum atomic E-state index is 11.4. The molecule has 1 amide bonds. The molecule has 0 aliphatic rings. The molecule has 0 fully saturated rings. The lowest BCUT2D eigenvalue weighted by atomic mass is 10.1. The predicted octanol–water partition coefficient (Wildman–Crippen LogP) is 2.41. The Morgan fingerprint density at radius 1 is 1.56 bits per heavy atom. The van der Waals surface area contributed by atoms with Crippen molar-refractivity contribution in [3.63, 3.8) is 0 Å². The minimum absolute atomic E-state index is 0.0455. The zero-order chi connectivity index (χ0) is 13.5. The molecule has 4 nitrogen and oxygen atoms in total. The molecule has 0 heterocycles. The van der Waals surface area contributed by atoms with Gasteiger partial charge < -0.3 is 15.2 Å². The van der Waals surface area contributed by atoms with Gasteiger partial charge in [-0.3, -0.25) is 4.79 Å². The van der Waals surface area contributed by atoms with E-state index in [4.69, 9.17) is 4.74 Å². The van der Waals surface area contributed by atoms with E-state index in [0.717, 1.165) is 10.9 Å². The van der Waals surface area contributed by atoms with Gasteiger partial charge in [0.05, 0.1) is 6.10 Å². The van der Waals surface area contributed by atoms with Crippen molar-refractivity contribution in [3.05, 3.63) is 28.2 Å². The Kier molecular flexibility index (Phi) is 6.15. The van der Waals surface area contributed by atoms with Crippen molar-refractivity contribution >= 4 is 21.8 Å². The number of rotatable bonds is 6. The topological polar surface area (TPSA) is 58.6 Å². The number of carbonyl (C=O) groups excluding carboxylic acids is 1. The molecule has 1 atom stereocenters. The van der Waals surface area contributed by atoms with E-state index >= 15 is 0 Å². The molecule has 0 aliphatic carbocycles. The van der Waals surface area contributed by atoms with E-state index in [0.29, 0.717) is 17.9 Å². The van der Waals surface area contributed by atoms with Crippen LogP contribution in [0.3, 0.4) is 0 Å². The van der Waals surface area contributed by atoms with E-state index in [1.54, 1.807) is 19.1 Å². The van der Waals surface area contributed by atoms with Gasteiger partial charge in [0.1, 0.15) is 5.75 Å². The van der Waals surface area contributed by atoms with Crippen LogP contribution in [0.2, 0.25) is 0 Å². The molecule has 2 N–H and O–H groups in total. The van der Waals surface area contributed by atoms with E-state index in [1.807, 2.05) is 13.0 Å². The Morgan fingerprint density at radius 2 is 2.28 bits per heavy atom. The molecule has 0 bridgehead atoms. The predicted molar refractivity (Wildman–Crippen MR) is 73.6 cm³/mol. The van der Waals surface area contributed by atoms with E-state index in [1.165, 1.54) is 0 Å². The largest absolute Gasteiger partial charge is 0.483 e. The molecule has 0 saturated heterocycles. The van der Waals surface area contributed by atoms with Gasteiger partial charge in [-0.05, 0) is 25.5 Å². The molecule has 1 aromatic carbocycles. The van der Waals surface area contributed by atoms with Gasteiger partial charge in [0.2, 0.25) is 0 Å². The number of benzene rings is 1. The standard InChI is InChI=1S/C13H18BrNO3/c1-3-6-15-13(17)8-18-12-7-10(14)4-5-11(12)9(2)16/h4-5,7,9,16H,3,6,8H2,1-2H3,(H,15,17)/t9-/m1/s1. The highest BCUT2D eigenvalue weighted by Gasteiger charge is 2.11. The lowest BCUT2D eigenvalue weighted by Crippen LogP contribution is -2.29. The highest BCUT2D eigenvalue weighted by Crippen LogP contribution is 2.28. The highest BCUT2D eigenvalue weighted by atomic mass is 79.9. The summed E-state index contributed by atoms with van der Waals surface area (Å²) < 4.78 is 6.28. The summed E-state index contributed by atoms with van der Waals surface area (Å²) in [6.45, 7) is 4.24. The SMILES string of the molecule is CCCNC(=O)COc1cc(Br)ccc1[C@@H](C)O. The maximum Gasteiger partial charge on any atom is 0.257 e. The van der Waals surface area contributed by atoms with Crippen LogP contribution in [0.1, 0.15) is 31.9 Å². The zero-order valence-electron chi connectivity index (χ0n) is 10.6. The number of halogens is 1. The minimum Gasteiger partial charge on any atom is -0.483 e. The Labute approximate surface area is 115 Å². The molecular weight excluding hydrogens is 298 g/mol. The second-order valence-corrected chi connectivity index (χ2v) is 4.91. The Balaban J connectivity index is 2.65. The van der Waals surface area contributed by atoms with Crippen LogP contribution in [0, 0.1) is 0 Å². The fourth-order valence-electron chi connectivity index (χ4n) is 1.44. The molecular formula is C13H18BrNO3.